The van der Waals surface area contributed by atoms with Gasteiger partial charge in [-0.25, -0.2) is 0 Å². The number of nitrogens with two attached hydrogens (primary N) is 1. The van der Waals surface area contributed by atoms with Crippen LogP contribution in [-0.4, -0.2) is 18.6 Å². The Hall–Kier alpha value is -1.53. The van der Waals surface area contributed by atoms with E-state index in [-0.39, 0.29) is 0 Å². The second kappa shape index (κ2) is 4.77. The minimum absolute atomic E-state index is 0.502. The first kappa shape index (κ1) is 11.9. The number of hydrogen-bond donors (Lipinski definition) is 1. The van der Waals surface area contributed by atoms with Crippen LogP contribution in [-0.2, 0) is 0 Å². The zero-order chi connectivity index (χ0) is 12.3. The molecule has 0 atom stereocenters. The molecule has 0 saturated heterocycles. The van der Waals surface area contributed by atoms with E-state index in [9.17, 15) is 0 Å². The molecule has 3 nitrogen and oxygen atoms in total. The fraction of sp³-hybridized carbons (Fsp3) is 0.500. The first-order valence-electron chi connectivity index (χ1n) is 6.13. The highest BCUT2D eigenvalue weighted by Gasteiger charge is 2.33. The van der Waals surface area contributed by atoms with Gasteiger partial charge in [-0.2, -0.15) is 5.26 Å². The number of anilines is 1. The molecule has 1 aliphatic carbocycles. The summed E-state index contributed by atoms with van der Waals surface area (Å²) < 4.78 is 0. The van der Waals surface area contributed by atoms with Gasteiger partial charge in [-0.3, -0.25) is 0 Å². The molecule has 0 aliphatic heterocycles. The summed E-state index contributed by atoms with van der Waals surface area (Å²) in [5.41, 5.74) is 6.63. The zero-order valence-corrected chi connectivity index (χ0v) is 10.3. The first-order chi connectivity index (χ1) is 8.14. The van der Waals surface area contributed by atoms with Crippen molar-refractivity contribution in [2.75, 3.05) is 11.9 Å². The number of nitrogens with zero attached hydrogens (tertiary/aromatic N) is 2. The van der Waals surface area contributed by atoms with Gasteiger partial charge in [-0.15, -0.1) is 0 Å². The van der Waals surface area contributed by atoms with Gasteiger partial charge in [0, 0.05) is 18.8 Å². The van der Waals surface area contributed by atoms with Crippen LogP contribution in [0, 0.1) is 11.3 Å². The molecule has 17 heavy (non-hydrogen) atoms. The summed E-state index contributed by atoms with van der Waals surface area (Å²) in [5, 5.41) is 9.00. The van der Waals surface area contributed by atoms with Crippen molar-refractivity contribution < 1.29 is 0 Å². The normalized spacial score (nSPS) is 28.4. The van der Waals surface area contributed by atoms with Crippen molar-refractivity contribution >= 4 is 5.69 Å². The summed E-state index contributed by atoms with van der Waals surface area (Å²) in [6.07, 6.45) is 3.58. The molecular weight excluding hydrogens is 210 g/mol. The maximum Gasteiger partial charge on any atom is 0.104 e. The van der Waals surface area contributed by atoms with Crippen LogP contribution in [0.15, 0.2) is 30.3 Å². The molecule has 0 unspecified atom stereocenters. The van der Waals surface area contributed by atoms with Crippen molar-refractivity contribution in [3.05, 3.63) is 30.3 Å². The Balaban J connectivity index is 2.00. The standard InChI is InChI=1S/C14H19N3/c1-17(12-5-3-2-4-6-12)13-7-9-14(16,11-15)10-8-13/h2-6,13H,7-10,16H2,1H3. The van der Waals surface area contributed by atoms with Gasteiger partial charge >= 0.3 is 0 Å². The molecular formula is C14H19N3. The molecule has 1 aliphatic rings. The van der Waals surface area contributed by atoms with Crippen LogP contribution in [0.3, 0.4) is 0 Å². The van der Waals surface area contributed by atoms with Gasteiger partial charge in [0.1, 0.15) is 5.54 Å². The maximum absolute atomic E-state index is 9.00. The Labute approximate surface area is 103 Å². The fourth-order valence-corrected chi connectivity index (χ4v) is 2.49. The summed E-state index contributed by atoms with van der Waals surface area (Å²) in [4.78, 5) is 2.30. The topological polar surface area (TPSA) is 53.0 Å². The Bertz CT molecular complexity index is 399. The third kappa shape index (κ3) is 2.59. The molecule has 90 valence electrons. The molecule has 1 fully saturated rings. The minimum Gasteiger partial charge on any atom is -0.372 e. The van der Waals surface area contributed by atoms with Crippen LogP contribution in [0.2, 0.25) is 0 Å². The minimum atomic E-state index is -0.589. The van der Waals surface area contributed by atoms with E-state index in [1.165, 1.54) is 5.69 Å². The van der Waals surface area contributed by atoms with Gasteiger partial charge in [0.2, 0.25) is 0 Å². The molecule has 0 radical (unpaired) electrons. The lowest BCUT2D eigenvalue weighted by Crippen LogP contribution is -2.46. The average Bonchev–Trinajstić information content (AvgIpc) is 2.40. The number of hydrogen-bond acceptors (Lipinski definition) is 3. The van der Waals surface area contributed by atoms with Crippen molar-refractivity contribution in [1.29, 1.82) is 5.26 Å². The van der Waals surface area contributed by atoms with E-state index in [4.69, 9.17) is 11.0 Å². The zero-order valence-electron chi connectivity index (χ0n) is 10.3. The molecule has 0 amide bonds. The molecule has 0 aromatic heterocycles. The Morgan fingerprint density at radius 1 is 1.29 bits per heavy atom. The van der Waals surface area contributed by atoms with Gasteiger partial charge in [0.05, 0.1) is 6.07 Å². The van der Waals surface area contributed by atoms with Crippen LogP contribution >= 0.6 is 0 Å². The lowest BCUT2D eigenvalue weighted by molar-refractivity contribution is 0.327. The lowest BCUT2D eigenvalue weighted by atomic mass is 9.80. The molecule has 0 spiro atoms. The van der Waals surface area contributed by atoms with Gasteiger partial charge in [-0.05, 0) is 37.8 Å². The van der Waals surface area contributed by atoms with Gasteiger partial charge in [0.25, 0.3) is 0 Å². The summed E-state index contributed by atoms with van der Waals surface area (Å²) in [7, 11) is 2.12. The molecule has 3 heteroatoms. The van der Waals surface area contributed by atoms with E-state index in [1.54, 1.807) is 0 Å². The number of para-hydroxylation sites is 1. The van der Waals surface area contributed by atoms with Crippen LogP contribution in [0.4, 0.5) is 5.69 Å². The smallest absolute Gasteiger partial charge is 0.104 e. The van der Waals surface area contributed by atoms with E-state index in [0.29, 0.717) is 6.04 Å². The second-order valence-corrected chi connectivity index (χ2v) is 4.95. The molecule has 1 saturated carbocycles. The Morgan fingerprint density at radius 2 is 1.88 bits per heavy atom. The van der Waals surface area contributed by atoms with Gasteiger partial charge in [0.15, 0.2) is 0 Å². The van der Waals surface area contributed by atoms with Crippen molar-refractivity contribution in [3.8, 4) is 6.07 Å². The van der Waals surface area contributed by atoms with Crippen molar-refractivity contribution in [1.82, 2.24) is 0 Å². The highest BCUT2D eigenvalue weighted by Crippen LogP contribution is 2.30. The van der Waals surface area contributed by atoms with Crippen LogP contribution in [0.5, 0.6) is 0 Å². The highest BCUT2D eigenvalue weighted by molar-refractivity contribution is 5.46. The molecule has 2 N–H and O–H groups in total. The summed E-state index contributed by atoms with van der Waals surface area (Å²) in [6, 6.07) is 13.1. The van der Waals surface area contributed by atoms with Crippen LogP contribution in [0.1, 0.15) is 25.7 Å². The van der Waals surface area contributed by atoms with Crippen molar-refractivity contribution in [2.24, 2.45) is 5.73 Å². The van der Waals surface area contributed by atoms with E-state index < -0.39 is 5.54 Å². The summed E-state index contributed by atoms with van der Waals surface area (Å²) >= 11 is 0. The second-order valence-electron chi connectivity index (χ2n) is 4.95. The van der Waals surface area contributed by atoms with Gasteiger partial charge in [-0.1, -0.05) is 18.2 Å². The maximum atomic E-state index is 9.00. The quantitative estimate of drug-likeness (QED) is 0.846. The van der Waals surface area contributed by atoms with E-state index in [1.807, 2.05) is 6.07 Å². The number of benzene rings is 1. The number of nitriles is 1. The van der Waals surface area contributed by atoms with E-state index in [0.717, 1.165) is 25.7 Å². The van der Waals surface area contributed by atoms with Gasteiger partial charge < -0.3 is 10.6 Å². The number of rotatable bonds is 2. The molecule has 2 rings (SSSR count). The molecule has 0 heterocycles. The Kier molecular flexibility index (Phi) is 3.35. The first-order valence-corrected chi connectivity index (χ1v) is 6.13. The predicted octanol–water partition coefficient (Wildman–Crippen LogP) is 2.29. The molecule has 1 aromatic carbocycles. The third-order valence-corrected chi connectivity index (χ3v) is 3.78. The monoisotopic (exact) mass is 229 g/mol. The largest absolute Gasteiger partial charge is 0.372 e. The lowest BCUT2D eigenvalue weighted by Gasteiger charge is -2.37. The fourth-order valence-electron chi connectivity index (χ4n) is 2.49. The average molecular weight is 229 g/mol. The third-order valence-electron chi connectivity index (χ3n) is 3.78. The predicted molar refractivity (Wildman–Crippen MR) is 69.6 cm³/mol. The molecule has 0 bridgehead atoms. The SMILES string of the molecule is CN(c1ccccc1)C1CCC(N)(C#N)CC1. The summed E-state index contributed by atoms with van der Waals surface area (Å²) in [6.45, 7) is 0. The van der Waals surface area contributed by atoms with Crippen LogP contribution in [0.25, 0.3) is 0 Å². The van der Waals surface area contributed by atoms with Crippen LogP contribution < -0.4 is 10.6 Å². The summed E-state index contributed by atoms with van der Waals surface area (Å²) in [5.74, 6) is 0. The molecule has 1 aromatic rings. The van der Waals surface area contributed by atoms with E-state index in [2.05, 4.69) is 42.3 Å². The Morgan fingerprint density at radius 3 is 2.41 bits per heavy atom. The van der Waals surface area contributed by atoms with Crippen molar-refractivity contribution in [2.45, 2.75) is 37.3 Å². The highest BCUT2D eigenvalue weighted by atomic mass is 15.1. The van der Waals surface area contributed by atoms with E-state index >= 15 is 0 Å². The van der Waals surface area contributed by atoms with Crippen molar-refractivity contribution in [3.63, 3.8) is 0 Å².